The van der Waals surface area contributed by atoms with E-state index in [2.05, 4.69) is 35.7 Å². The fraction of sp³-hybridized carbons (Fsp3) is 0.706. The van der Waals surface area contributed by atoms with Crippen LogP contribution in [0.25, 0.3) is 11.2 Å². The zero-order chi connectivity index (χ0) is 19.7. The van der Waals surface area contributed by atoms with Crippen molar-refractivity contribution in [3.8, 4) is 0 Å². The molecule has 9 nitrogen and oxygen atoms in total. The Kier molecular flexibility index (Phi) is 5.86. The van der Waals surface area contributed by atoms with Gasteiger partial charge in [-0.15, -0.1) is 0 Å². The van der Waals surface area contributed by atoms with Crippen molar-refractivity contribution >= 4 is 24.6 Å². The van der Waals surface area contributed by atoms with Crippen LogP contribution >= 0.6 is 7.60 Å². The van der Waals surface area contributed by atoms with Gasteiger partial charge in [0.2, 0.25) is 0 Å². The standard InChI is InChI=1S/C17H28N5O4P/c1-12(2)17(4)5-6-25-27(23,26-8-17)11-24-13(3)7-22-10-21-14-15(18)19-9-20-16(14)22/h9-10,12-13H,5-8,11H2,1-4H3,(H2,18,19,20)/t13-,17+,27-/m1/s1. The molecule has 0 spiro atoms. The summed E-state index contributed by atoms with van der Waals surface area (Å²) in [6.45, 7) is 9.61. The molecule has 0 aromatic carbocycles. The third-order valence-corrected chi connectivity index (χ3v) is 6.91. The first-order chi connectivity index (χ1) is 12.7. The minimum atomic E-state index is -3.27. The predicted octanol–water partition coefficient (Wildman–Crippen LogP) is 3.06. The molecule has 150 valence electrons. The van der Waals surface area contributed by atoms with Crippen LogP contribution in [0, 0.1) is 11.3 Å². The van der Waals surface area contributed by atoms with Gasteiger partial charge in [-0.1, -0.05) is 20.8 Å². The summed E-state index contributed by atoms with van der Waals surface area (Å²) in [4.78, 5) is 12.4. The minimum Gasteiger partial charge on any atom is -0.382 e. The molecule has 0 saturated carbocycles. The molecule has 0 unspecified atom stereocenters. The molecule has 1 fully saturated rings. The summed E-state index contributed by atoms with van der Waals surface area (Å²) in [5.41, 5.74) is 6.95. The highest BCUT2D eigenvalue weighted by molar-refractivity contribution is 7.53. The summed E-state index contributed by atoms with van der Waals surface area (Å²) in [6, 6.07) is 0. The van der Waals surface area contributed by atoms with Crippen LogP contribution in [0.3, 0.4) is 0 Å². The number of nitrogen functional groups attached to an aromatic ring is 1. The van der Waals surface area contributed by atoms with Crippen molar-refractivity contribution in [3.63, 3.8) is 0 Å². The van der Waals surface area contributed by atoms with Crippen molar-refractivity contribution < 1.29 is 18.3 Å². The highest BCUT2D eigenvalue weighted by atomic mass is 31.2. The number of imidazole rings is 1. The quantitative estimate of drug-likeness (QED) is 0.740. The number of nitrogens with two attached hydrogens (primary N) is 1. The Balaban J connectivity index is 1.59. The van der Waals surface area contributed by atoms with E-state index in [1.807, 2.05) is 11.5 Å². The molecule has 3 atom stereocenters. The number of rotatable bonds is 6. The molecule has 1 aliphatic rings. The number of aromatic nitrogens is 4. The Hall–Kier alpha value is -1.54. The van der Waals surface area contributed by atoms with Gasteiger partial charge < -0.3 is 24.1 Å². The van der Waals surface area contributed by atoms with Crippen molar-refractivity contribution in [2.75, 3.05) is 25.3 Å². The minimum absolute atomic E-state index is 0.0485. The molecule has 3 rings (SSSR count). The second kappa shape index (κ2) is 7.83. The maximum Gasteiger partial charge on any atom is 0.356 e. The van der Waals surface area contributed by atoms with Crippen LogP contribution in [-0.4, -0.2) is 45.2 Å². The maximum absolute atomic E-state index is 12.9. The molecule has 0 radical (unpaired) electrons. The second-order valence-corrected chi connectivity index (χ2v) is 9.71. The van der Waals surface area contributed by atoms with Gasteiger partial charge in [0.15, 0.2) is 11.5 Å². The van der Waals surface area contributed by atoms with Crippen LogP contribution in [0.15, 0.2) is 12.7 Å². The van der Waals surface area contributed by atoms with Gasteiger partial charge in [-0.05, 0) is 24.7 Å². The van der Waals surface area contributed by atoms with Gasteiger partial charge >= 0.3 is 7.60 Å². The lowest BCUT2D eigenvalue weighted by molar-refractivity contribution is 0.0644. The van der Waals surface area contributed by atoms with Gasteiger partial charge in [0.05, 0.1) is 32.2 Å². The Morgan fingerprint density at radius 3 is 2.85 bits per heavy atom. The average Bonchev–Trinajstić information content (AvgIpc) is 2.95. The highest BCUT2D eigenvalue weighted by Crippen LogP contribution is 2.53. The summed E-state index contributed by atoms with van der Waals surface area (Å²) >= 11 is 0. The first-order valence-electron chi connectivity index (χ1n) is 9.13. The molecule has 2 N–H and O–H groups in total. The van der Waals surface area contributed by atoms with E-state index in [9.17, 15) is 4.57 Å². The molecular weight excluding hydrogens is 369 g/mol. The van der Waals surface area contributed by atoms with Crippen LogP contribution in [-0.2, 0) is 24.9 Å². The van der Waals surface area contributed by atoms with Crippen LogP contribution < -0.4 is 5.73 Å². The van der Waals surface area contributed by atoms with Gasteiger partial charge in [0, 0.05) is 0 Å². The van der Waals surface area contributed by atoms with E-state index in [0.29, 0.717) is 42.7 Å². The Morgan fingerprint density at radius 2 is 2.11 bits per heavy atom. The smallest absolute Gasteiger partial charge is 0.356 e. The van der Waals surface area contributed by atoms with Gasteiger partial charge in [0.25, 0.3) is 0 Å². The first-order valence-corrected chi connectivity index (χ1v) is 10.9. The lowest BCUT2D eigenvalue weighted by Crippen LogP contribution is -2.28. The molecule has 2 aromatic heterocycles. The van der Waals surface area contributed by atoms with Crippen LogP contribution in [0.5, 0.6) is 0 Å². The summed E-state index contributed by atoms with van der Waals surface area (Å²) in [5, 5.41) is 0. The zero-order valence-corrected chi connectivity index (χ0v) is 17.2. The molecule has 27 heavy (non-hydrogen) atoms. The average molecular weight is 397 g/mol. The van der Waals surface area contributed by atoms with Gasteiger partial charge in [0.1, 0.15) is 18.2 Å². The molecule has 1 aliphatic heterocycles. The fourth-order valence-corrected chi connectivity index (χ4v) is 4.41. The fourth-order valence-electron chi connectivity index (χ4n) is 2.88. The first kappa shape index (κ1) is 20.2. The molecule has 3 heterocycles. The molecule has 1 saturated heterocycles. The Labute approximate surface area is 159 Å². The normalized spacial score (nSPS) is 27.7. The number of hydrogen-bond acceptors (Lipinski definition) is 8. The molecule has 0 bridgehead atoms. The van der Waals surface area contributed by atoms with Crippen molar-refractivity contribution in [2.24, 2.45) is 11.3 Å². The van der Waals surface area contributed by atoms with E-state index >= 15 is 0 Å². The molecular formula is C17H28N5O4P. The van der Waals surface area contributed by atoms with Crippen LogP contribution in [0.2, 0.25) is 0 Å². The third kappa shape index (κ3) is 4.48. The summed E-state index contributed by atoms with van der Waals surface area (Å²) in [5.74, 6) is 0.752. The van der Waals surface area contributed by atoms with E-state index in [-0.39, 0.29) is 17.9 Å². The van der Waals surface area contributed by atoms with Crippen molar-refractivity contribution in [1.29, 1.82) is 0 Å². The number of anilines is 1. The van der Waals surface area contributed by atoms with Crippen LogP contribution in [0.4, 0.5) is 5.82 Å². The monoisotopic (exact) mass is 397 g/mol. The second-order valence-electron chi connectivity index (χ2n) is 7.71. The maximum atomic E-state index is 12.9. The predicted molar refractivity (Wildman–Crippen MR) is 102 cm³/mol. The van der Waals surface area contributed by atoms with E-state index in [1.165, 1.54) is 6.33 Å². The lowest BCUT2D eigenvalue weighted by atomic mass is 9.77. The van der Waals surface area contributed by atoms with E-state index in [1.54, 1.807) is 6.33 Å². The zero-order valence-electron chi connectivity index (χ0n) is 16.3. The Morgan fingerprint density at radius 1 is 1.33 bits per heavy atom. The summed E-state index contributed by atoms with van der Waals surface area (Å²) in [7, 11) is -3.27. The van der Waals surface area contributed by atoms with Crippen molar-refractivity contribution in [2.45, 2.75) is 46.8 Å². The highest BCUT2D eigenvalue weighted by Gasteiger charge is 2.38. The van der Waals surface area contributed by atoms with Crippen molar-refractivity contribution in [1.82, 2.24) is 19.5 Å². The molecule has 0 amide bonds. The molecule has 2 aromatic rings. The number of hydrogen-bond donors (Lipinski definition) is 1. The van der Waals surface area contributed by atoms with Gasteiger partial charge in [-0.3, -0.25) is 4.57 Å². The topological polar surface area (TPSA) is 114 Å². The molecule has 10 heteroatoms. The van der Waals surface area contributed by atoms with E-state index in [4.69, 9.17) is 19.5 Å². The van der Waals surface area contributed by atoms with Crippen LogP contribution in [0.1, 0.15) is 34.1 Å². The lowest BCUT2D eigenvalue weighted by Gasteiger charge is -2.31. The van der Waals surface area contributed by atoms with Gasteiger partial charge in [-0.2, -0.15) is 0 Å². The van der Waals surface area contributed by atoms with Gasteiger partial charge in [-0.25, -0.2) is 15.0 Å². The summed E-state index contributed by atoms with van der Waals surface area (Å²) < 4.78 is 31.8. The number of ether oxygens (including phenoxy) is 1. The SMILES string of the molecule is CC(C)[C@@]1(C)CCO[P@](=O)(CO[C@H](C)Cn2cnc3c(N)ncnc32)OC1. The largest absolute Gasteiger partial charge is 0.382 e. The Bertz CT molecular complexity index is 842. The number of nitrogens with zero attached hydrogens (tertiary/aromatic N) is 4. The van der Waals surface area contributed by atoms with E-state index < -0.39 is 7.60 Å². The van der Waals surface area contributed by atoms with E-state index in [0.717, 1.165) is 6.42 Å². The van der Waals surface area contributed by atoms with Crippen molar-refractivity contribution in [3.05, 3.63) is 12.7 Å². The number of fused-ring (bicyclic) bond motifs is 1. The molecule has 0 aliphatic carbocycles. The summed E-state index contributed by atoms with van der Waals surface area (Å²) in [6.07, 6.45) is 3.54. The third-order valence-electron chi connectivity index (χ3n) is 5.35.